The Bertz CT molecular complexity index is 871. The van der Waals surface area contributed by atoms with Crippen molar-refractivity contribution in [2.24, 2.45) is 0 Å². The van der Waals surface area contributed by atoms with Crippen molar-refractivity contribution < 1.29 is 4.79 Å². The highest BCUT2D eigenvalue weighted by Crippen LogP contribution is 2.23. The fourth-order valence-corrected chi connectivity index (χ4v) is 3.29. The maximum atomic E-state index is 13.2. The summed E-state index contributed by atoms with van der Waals surface area (Å²) in [7, 11) is 0. The second-order valence-corrected chi connectivity index (χ2v) is 6.25. The summed E-state index contributed by atoms with van der Waals surface area (Å²) in [5.41, 5.74) is 1.66. The van der Waals surface area contributed by atoms with Gasteiger partial charge in [0.2, 0.25) is 0 Å². The van der Waals surface area contributed by atoms with Gasteiger partial charge in [-0.15, -0.1) is 0 Å². The Hall–Kier alpha value is -3.03. The van der Waals surface area contributed by atoms with E-state index in [4.69, 9.17) is 0 Å². The van der Waals surface area contributed by atoms with Gasteiger partial charge in [-0.25, -0.2) is 14.6 Å². The van der Waals surface area contributed by atoms with Crippen molar-refractivity contribution in [3.63, 3.8) is 0 Å². The number of carbonyl (C=O) groups excluding carboxylic acids is 1. The molecule has 1 saturated heterocycles. The average molecular weight is 337 g/mol. The first-order chi connectivity index (χ1) is 12.2. The molecule has 0 bridgehead atoms. The monoisotopic (exact) mass is 337 g/mol. The van der Waals surface area contributed by atoms with Crippen molar-refractivity contribution in [3.8, 4) is 5.82 Å². The van der Waals surface area contributed by atoms with Crippen molar-refractivity contribution in [2.45, 2.75) is 32.4 Å². The first-order valence-corrected chi connectivity index (χ1v) is 8.32. The molecule has 0 N–H and O–H groups in total. The molecule has 0 spiro atoms. The lowest BCUT2D eigenvalue weighted by atomic mass is 10.2. The van der Waals surface area contributed by atoms with Crippen LogP contribution in [0.1, 0.15) is 28.8 Å². The topological polar surface area (TPSA) is 81.7 Å². The van der Waals surface area contributed by atoms with Gasteiger partial charge in [0.1, 0.15) is 12.7 Å². The van der Waals surface area contributed by atoms with Crippen LogP contribution >= 0.6 is 0 Å². The summed E-state index contributed by atoms with van der Waals surface area (Å²) >= 11 is 0. The highest BCUT2D eigenvalue weighted by molar-refractivity contribution is 5.97. The third-order valence-corrected chi connectivity index (χ3v) is 4.45. The number of aromatic nitrogens is 6. The van der Waals surface area contributed by atoms with E-state index in [1.807, 2.05) is 28.9 Å². The Morgan fingerprint density at radius 3 is 3.04 bits per heavy atom. The molecule has 1 fully saturated rings. The first-order valence-electron chi connectivity index (χ1n) is 8.32. The van der Waals surface area contributed by atoms with Gasteiger partial charge in [-0.3, -0.25) is 9.48 Å². The van der Waals surface area contributed by atoms with E-state index in [9.17, 15) is 4.79 Å². The van der Waals surface area contributed by atoms with Gasteiger partial charge in [-0.1, -0.05) is 0 Å². The fourth-order valence-electron chi connectivity index (χ4n) is 3.29. The van der Waals surface area contributed by atoms with Crippen molar-refractivity contribution in [2.75, 3.05) is 6.54 Å². The van der Waals surface area contributed by atoms with Gasteiger partial charge in [0.05, 0.1) is 24.3 Å². The smallest absolute Gasteiger partial charge is 0.258 e. The van der Waals surface area contributed by atoms with Gasteiger partial charge in [-0.2, -0.15) is 10.2 Å². The Kier molecular flexibility index (Phi) is 4.01. The van der Waals surface area contributed by atoms with Crippen molar-refractivity contribution in [1.29, 1.82) is 0 Å². The van der Waals surface area contributed by atoms with Crippen molar-refractivity contribution >= 4 is 5.91 Å². The van der Waals surface area contributed by atoms with Crippen LogP contribution in [0, 0.1) is 6.92 Å². The summed E-state index contributed by atoms with van der Waals surface area (Å²) in [6.07, 6.45) is 10.5. The number of amides is 1. The molecule has 0 aromatic carbocycles. The summed E-state index contributed by atoms with van der Waals surface area (Å²) in [6, 6.07) is 3.70. The predicted molar refractivity (Wildman–Crippen MR) is 90.2 cm³/mol. The number of aryl methyl sites for hydroxylation is 1. The van der Waals surface area contributed by atoms with E-state index >= 15 is 0 Å². The van der Waals surface area contributed by atoms with Crippen LogP contribution in [0.25, 0.3) is 5.82 Å². The van der Waals surface area contributed by atoms with Gasteiger partial charge in [0.15, 0.2) is 5.82 Å². The Labute approximate surface area is 145 Å². The predicted octanol–water partition coefficient (Wildman–Crippen LogP) is 1.47. The maximum Gasteiger partial charge on any atom is 0.258 e. The molecule has 1 aliphatic heterocycles. The minimum atomic E-state index is -0.0232. The zero-order valence-corrected chi connectivity index (χ0v) is 14.0. The van der Waals surface area contributed by atoms with Crippen LogP contribution in [0.4, 0.5) is 0 Å². The van der Waals surface area contributed by atoms with Crippen molar-refractivity contribution in [3.05, 3.63) is 54.5 Å². The Balaban J connectivity index is 1.60. The molecule has 8 heteroatoms. The molecule has 3 aromatic rings. The van der Waals surface area contributed by atoms with Crippen LogP contribution in [-0.4, -0.2) is 52.9 Å². The maximum absolute atomic E-state index is 13.2. The SMILES string of the molecule is Cc1cnn(C[C@@H]2CCCN2C(=O)c2cccnc2-n2cncn2)c1. The minimum absolute atomic E-state index is 0.0232. The van der Waals surface area contributed by atoms with Gasteiger partial charge < -0.3 is 4.90 Å². The first kappa shape index (κ1) is 15.5. The van der Waals surface area contributed by atoms with E-state index in [1.165, 1.54) is 11.0 Å². The average Bonchev–Trinajstić information content (AvgIpc) is 3.37. The Morgan fingerprint density at radius 2 is 2.28 bits per heavy atom. The molecule has 0 aliphatic carbocycles. The zero-order valence-electron chi connectivity index (χ0n) is 14.0. The molecule has 0 radical (unpaired) electrons. The number of carbonyl (C=O) groups is 1. The molecule has 8 nitrogen and oxygen atoms in total. The van der Waals surface area contributed by atoms with Crippen LogP contribution in [-0.2, 0) is 6.54 Å². The van der Waals surface area contributed by atoms with E-state index in [2.05, 4.69) is 20.2 Å². The van der Waals surface area contributed by atoms with Gasteiger partial charge in [-0.05, 0) is 37.5 Å². The molecule has 1 aliphatic rings. The van der Waals surface area contributed by atoms with E-state index in [0.717, 1.165) is 24.9 Å². The molecule has 128 valence electrons. The van der Waals surface area contributed by atoms with E-state index in [1.54, 1.807) is 24.7 Å². The standard InChI is InChI=1S/C17H19N7O/c1-13-8-20-22(9-13)10-14-4-3-7-23(14)17(25)15-5-2-6-19-16(15)24-12-18-11-21-24/h2,5-6,8-9,11-12,14H,3-4,7,10H2,1H3/t14-/m0/s1. The lowest BCUT2D eigenvalue weighted by Gasteiger charge is -2.25. The lowest BCUT2D eigenvalue weighted by Crippen LogP contribution is -2.38. The fraction of sp³-hybridized carbons (Fsp3) is 0.353. The molecular weight excluding hydrogens is 318 g/mol. The lowest BCUT2D eigenvalue weighted by molar-refractivity contribution is 0.0721. The molecule has 0 unspecified atom stereocenters. The summed E-state index contributed by atoms with van der Waals surface area (Å²) in [5.74, 6) is 0.482. The van der Waals surface area contributed by atoms with E-state index < -0.39 is 0 Å². The molecule has 1 atom stereocenters. The number of hydrogen-bond acceptors (Lipinski definition) is 5. The second-order valence-electron chi connectivity index (χ2n) is 6.25. The van der Waals surface area contributed by atoms with Gasteiger partial charge >= 0.3 is 0 Å². The molecule has 0 saturated carbocycles. The molecular formula is C17H19N7O. The number of rotatable bonds is 4. The summed E-state index contributed by atoms with van der Waals surface area (Å²) in [4.78, 5) is 23.4. The van der Waals surface area contributed by atoms with Crippen LogP contribution < -0.4 is 0 Å². The van der Waals surface area contributed by atoms with Crippen molar-refractivity contribution in [1.82, 2.24) is 34.4 Å². The highest BCUT2D eigenvalue weighted by atomic mass is 16.2. The number of hydrogen-bond donors (Lipinski definition) is 0. The summed E-state index contributed by atoms with van der Waals surface area (Å²) in [6.45, 7) is 3.47. The van der Waals surface area contributed by atoms with Crippen LogP contribution in [0.2, 0.25) is 0 Å². The Morgan fingerprint density at radius 1 is 1.36 bits per heavy atom. The highest BCUT2D eigenvalue weighted by Gasteiger charge is 2.31. The zero-order chi connectivity index (χ0) is 17.2. The van der Waals surface area contributed by atoms with Gasteiger partial charge in [0.25, 0.3) is 5.91 Å². The molecule has 4 rings (SSSR count). The number of pyridine rings is 1. The quantitative estimate of drug-likeness (QED) is 0.720. The third kappa shape index (κ3) is 3.02. The van der Waals surface area contributed by atoms with Gasteiger partial charge in [0, 0.05) is 18.9 Å². The normalized spacial score (nSPS) is 17.2. The third-order valence-electron chi connectivity index (χ3n) is 4.45. The van der Waals surface area contributed by atoms with Crippen LogP contribution in [0.15, 0.2) is 43.4 Å². The van der Waals surface area contributed by atoms with Crippen LogP contribution in [0.3, 0.4) is 0 Å². The van der Waals surface area contributed by atoms with E-state index in [0.29, 0.717) is 17.9 Å². The molecule has 4 heterocycles. The number of nitrogens with zero attached hydrogens (tertiary/aromatic N) is 7. The minimum Gasteiger partial charge on any atom is -0.334 e. The van der Waals surface area contributed by atoms with Crippen LogP contribution in [0.5, 0.6) is 0 Å². The summed E-state index contributed by atoms with van der Waals surface area (Å²) in [5, 5.41) is 8.45. The van der Waals surface area contributed by atoms with E-state index in [-0.39, 0.29) is 11.9 Å². The molecule has 3 aromatic heterocycles. The summed E-state index contributed by atoms with van der Waals surface area (Å²) < 4.78 is 3.43. The largest absolute Gasteiger partial charge is 0.334 e. The molecule has 25 heavy (non-hydrogen) atoms. The second kappa shape index (κ2) is 6.46. The number of likely N-dealkylation sites (tertiary alicyclic amines) is 1. The molecule has 1 amide bonds.